The number of anilines is 2. The maximum absolute atomic E-state index is 14.2. The van der Waals surface area contributed by atoms with Gasteiger partial charge in [0.2, 0.25) is 0 Å². The molecule has 0 saturated heterocycles. The second kappa shape index (κ2) is 6.65. The molecule has 0 aliphatic carbocycles. The zero-order chi connectivity index (χ0) is 18.3. The lowest BCUT2D eigenvalue weighted by atomic mass is 10.0. The van der Waals surface area contributed by atoms with Gasteiger partial charge in [0.05, 0.1) is 5.69 Å². The number of hydrogen-bond acceptors (Lipinski definition) is 2. The summed E-state index contributed by atoms with van der Waals surface area (Å²) in [5.74, 6) is -1.14. The van der Waals surface area contributed by atoms with E-state index in [2.05, 4.69) is 10.4 Å². The van der Waals surface area contributed by atoms with Gasteiger partial charge in [0.15, 0.2) is 11.6 Å². The van der Waals surface area contributed by atoms with Crippen LogP contribution in [0.4, 0.5) is 20.3 Å². The zero-order valence-corrected chi connectivity index (χ0v) is 15.3. The molecule has 3 nitrogen and oxygen atoms in total. The highest BCUT2D eigenvalue weighted by atomic mass is 35.5. The molecule has 0 amide bonds. The zero-order valence-electron chi connectivity index (χ0n) is 13.8. The minimum absolute atomic E-state index is 0.0106. The molecular weight excluding hydrogens is 367 g/mol. The Morgan fingerprint density at radius 1 is 1.04 bits per heavy atom. The molecule has 1 aromatic heterocycles. The molecule has 0 bridgehead atoms. The first-order chi connectivity index (χ1) is 11.8. The van der Waals surface area contributed by atoms with Gasteiger partial charge in [-0.2, -0.15) is 5.10 Å². The van der Waals surface area contributed by atoms with Crippen LogP contribution >= 0.6 is 23.2 Å². The fraction of sp³-hybridized carbons (Fsp3) is 0.167. The van der Waals surface area contributed by atoms with Crippen molar-refractivity contribution in [2.45, 2.75) is 13.8 Å². The van der Waals surface area contributed by atoms with E-state index < -0.39 is 11.6 Å². The van der Waals surface area contributed by atoms with Crippen molar-refractivity contribution < 1.29 is 8.78 Å². The number of aryl methyl sites for hydroxylation is 3. The Bertz CT molecular complexity index is 944. The second-order valence-corrected chi connectivity index (χ2v) is 6.63. The van der Waals surface area contributed by atoms with Gasteiger partial charge in [-0.05, 0) is 37.6 Å². The van der Waals surface area contributed by atoms with Crippen LogP contribution < -0.4 is 5.32 Å². The molecule has 0 spiro atoms. The number of hydrogen-bond donors (Lipinski definition) is 1. The third-order valence-electron chi connectivity index (χ3n) is 3.87. The van der Waals surface area contributed by atoms with Crippen LogP contribution in [0.5, 0.6) is 0 Å². The van der Waals surface area contributed by atoms with Crippen LogP contribution in [0.1, 0.15) is 11.3 Å². The summed E-state index contributed by atoms with van der Waals surface area (Å²) in [5.41, 5.74) is 2.82. The van der Waals surface area contributed by atoms with Crippen LogP contribution in [0.3, 0.4) is 0 Å². The number of nitrogens with zero attached hydrogens (tertiary/aromatic N) is 2. The summed E-state index contributed by atoms with van der Waals surface area (Å²) >= 11 is 12.1. The Labute approximate surface area is 154 Å². The van der Waals surface area contributed by atoms with Crippen molar-refractivity contribution in [1.82, 2.24) is 9.78 Å². The summed E-state index contributed by atoms with van der Waals surface area (Å²) in [6, 6.07) is 7.71. The maximum Gasteiger partial charge on any atom is 0.151 e. The van der Waals surface area contributed by atoms with Crippen molar-refractivity contribution in [2.24, 2.45) is 7.05 Å². The first kappa shape index (κ1) is 17.7. The van der Waals surface area contributed by atoms with Gasteiger partial charge in [0.25, 0.3) is 0 Å². The van der Waals surface area contributed by atoms with Crippen LogP contribution in [0.25, 0.3) is 11.1 Å². The van der Waals surface area contributed by atoms with E-state index in [1.807, 2.05) is 32.0 Å². The predicted octanol–water partition coefficient (Wildman–Crippen LogP) is 6.03. The Hall–Kier alpha value is -2.11. The summed E-state index contributed by atoms with van der Waals surface area (Å²) in [5, 5.41) is 7.68. The smallest absolute Gasteiger partial charge is 0.151 e. The molecule has 0 aliphatic heterocycles. The fourth-order valence-electron chi connectivity index (χ4n) is 2.73. The van der Waals surface area contributed by atoms with Crippen molar-refractivity contribution in [2.75, 3.05) is 5.32 Å². The van der Waals surface area contributed by atoms with Gasteiger partial charge in [-0.3, -0.25) is 4.68 Å². The van der Waals surface area contributed by atoms with Crippen molar-refractivity contribution in [1.29, 1.82) is 0 Å². The molecule has 1 heterocycles. The number of rotatable bonds is 3. The van der Waals surface area contributed by atoms with Gasteiger partial charge in [-0.1, -0.05) is 35.3 Å². The molecule has 0 unspecified atom stereocenters. The molecular formula is C18H15Cl2F2N3. The lowest BCUT2D eigenvalue weighted by molar-refractivity contribution is 0.590. The van der Waals surface area contributed by atoms with E-state index in [4.69, 9.17) is 23.2 Å². The first-order valence-corrected chi connectivity index (χ1v) is 8.25. The van der Waals surface area contributed by atoms with Gasteiger partial charge >= 0.3 is 0 Å². The van der Waals surface area contributed by atoms with Crippen LogP contribution in [-0.4, -0.2) is 9.78 Å². The first-order valence-electron chi connectivity index (χ1n) is 7.49. The second-order valence-electron chi connectivity index (χ2n) is 5.79. The molecule has 0 saturated carbocycles. The van der Waals surface area contributed by atoms with Gasteiger partial charge in [-0.25, -0.2) is 8.78 Å². The van der Waals surface area contributed by atoms with E-state index in [0.29, 0.717) is 22.1 Å². The molecule has 0 atom stereocenters. The lowest BCUT2D eigenvalue weighted by Crippen LogP contribution is -2.04. The molecule has 0 radical (unpaired) electrons. The fourth-order valence-corrected chi connectivity index (χ4v) is 3.25. The van der Waals surface area contributed by atoms with Gasteiger partial charge in [0.1, 0.15) is 11.5 Å². The summed E-state index contributed by atoms with van der Waals surface area (Å²) < 4.78 is 29.8. The Balaban J connectivity index is 2.16. The number of halogens is 4. The lowest BCUT2D eigenvalue weighted by Gasteiger charge is -2.13. The van der Waals surface area contributed by atoms with Gasteiger partial charge in [0, 0.05) is 28.2 Å². The summed E-state index contributed by atoms with van der Waals surface area (Å²) in [7, 11) is 1.69. The number of benzene rings is 2. The Morgan fingerprint density at radius 2 is 1.68 bits per heavy atom. The van der Waals surface area contributed by atoms with Gasteiger partial charge in [-0.15, -0.1) is 0 Å². The third kappa shape index (κ3) is 3.34. The summed E-state index contributed by atoms with van der Waals surface area (Å²) in [4.78, 5) is 0. The molecule has 25 heavy (non-hydrogen) atoms. The highest BCUT2D eigenvalue weighted by Gasteiger charge is 2.20. The normalized spacial score (nSPS) is 11.0. The molecule has 0 aliphatic rings. The quantitative estimate of drug-likeness (QED) is 0.599. The Morgan fingerprint density at radius 3 is 2.28 bits per heavy atom. The average molecular weight is 382 g/mol. The van der Waals surface area contributed by atoms with Crippen molar-refractivity contribution >= 4 is 34.7 Å². The van der Waals surface area contributed by atoms with E-state index in [-0.39, 0.29) is 10.7 Å². The van der Waals surface area contributed by atoms with E-state index in [0.717, 1.165) is 23.3 Å². The van der Waals surface area contributed by atoms with Crippen molar-refractivity contribution in [3.05, 3.63) is 63.3 Å². The molecule has 2 aromatic carbocycles. The summed E-state index contributed by atoms with van der Waals surface area (Å²) in [6.07, 6.45) is 0. The van der Waals surface area contributed by atoms with Crippen LogP contribution in [-0.2, 0) is 7.05 Å². The SMILES string of the molecule is Cc1ccc(-c2c(C)nn(C)c2Nc2c(F)cc(Cl)cc2F)c(Cl)c1. The molecule has 3 rings (SSSR count). The molecule has 3 aromatic rings. The molecule has 0 fully saturated rings. The molecule has 130 valence electrons. The van der Waals surface area contributed by atoms with E-state index in [1.165, 1.54) is 4.68 Å². The minimum atomic E-state index is -0.787. The van der Waals surface area contributed by atoms with Crippen LogP contribution in [0, 0.1) is 25.5 Å². The van der Waals surface area contributed by atoms with Crippen LogP contribution in [0.15, 0.2) is 30.3 Å². The van der Waals surface area contributed by atoms with E-state index in [1.54, 1.807) is 7.05 Å². The van der Waals surface area contributed by atoms with E-state index >= 15 is 0 Å². The largest absolute Gasteiger partial charge is 0.335 e. The van der Waals surface area contributed by atoms with Gasteiger partial charge < -0.3 is 5.32 Å². The average Bonchev–Trinajstić information content (AvgIpc) is 2.77. The third-order valence-corrected chi connectivity index (χ3v) is 4.40. The van der Waals surface area contributed by atoms with Crippen molar-refractivity contribution in [3.63, 3.8) is 0 Å². The molecule has 1 N–H and O–H groups in total. The van der Waals surface area contributed by atoms with Crippen molar-refractivity contribution in [3.8, 4) is 11.1 Å². The number of aromatic nitrogens is 2. The Kier molecular flexibility index (Phi) is 4.71. The van der Waals surface area contributed by atoms with E-state index in [9.17, 15) is 8.78 Å². The highest BCUT2D eigenvalue weighted by molar-refractivity contribution is 6.33. The standard InChI is InChI=1S/C18H15Cl2F2N3/c1-9-4-5-12(13(20)6-9)16-10(2)24-25(3)18(16)23-17-14(21)7-11(19)8-15(17)22/h4-8,23H,1-3H3. The van der Waals surface area contributed by atoms with Crippen LogP contribution in [0.2, 0.25) is 10.0 Å². The number of nitrogens with one attached hydrogen (secondary N) is 1. The molecule has 7 heteroatoms. The maximum atomic E-state index is 14.2. The predicted molar refractivity (Wildman–Crippen MR) is 97.8 cm³/mol. The summed E-state index contributed by atoms with van der Waals surface area (Å²) in [6.45, 7) is 3.74. The highest BCUT2D eigenvalue weighted by Crippen LogP contribution is 2.38. The minimum Gasteiger partial charge on any atom is -0.335 e. The monoisotopic (exact) mass is 381 g/mol. The topological polar surface area (TPSA) is 29.9 Å².